The molecule has 1 N–H and O–H groups in total. The number of nitrogens with zero attached hydrogens (tertiary/aromatic N) is 2. The molecule has 0 aliphatic heterocycles. The van der Waals surface area contributed by atoms with Gasteiger partial charge in [0.1, 0.15) is 12.4 Å². The summed E-state index contributed by atoms with van der Waals surface area (Å²) in [5, 5.41) is 3.35. The van der Waals surface area contributed by atoms with Crippen LogP contribution in [0.25, 0.3) is 0 Å². The van der Waals surface area contributed by atoms with Gasteiger partial charge < -0.3 is 19.4 Å². The highest BCUT2D eigenvalue weighted by molar-refractivity contribution is 5.30. The van der Waals surface area contributed by atoms with E-state index in [9.17, 15) is 0 Å². The lowest BCUT2D eigenvalue weighted by molar-refractivity contribution is 0.190. The third kappa shape index (κ3) is 4.79. The molecule has 0 saturated heterocycles. The third-order valence-corrected chi connectivity index (χ3v) is 3.03. The first-order valence-electron chi connectivity index (χ1n) is 7.16. The van der Waals surface area contributed by atoms with E-state index in [4.69, 9.17) is 9.47 Å². The molecule has 0 amide bonds. The molecule has 0 radical (unpaired) electrons. The molecule has 5 nitrogen and oxygen atoms in total. The summed E-state index contributed by atoms with van der Waals surface area (Å²) in [6.45, 7) is 6.05. The molecule has 2 rings (SSSR count). The van der Waals surface area contributed by atoms with E-state index >= 15 is 0 Å². The Morgan fingerprint density at radius 3 is 2.76 bits per heavy atom. The van der Waals surface area contributed by atoms with Crippen molar-refractivity contribution in [1.82, 2.24) is 9.55 Å². The normalized spacial score (nSPS) is 12.1. The van der Waals surface area contributed by atoms with Crippen LogP contribution in [0.3, 0.4) is 0 Å². The van der Waals surface area contributed by atoms with Crippen LogP contribution in [0.1, 0.15) is 12.6 Å². The number of anilines is 1. The zero-order valence-corrected chi connectivity index (χ0v) is 12.9. The van der Waals surface area contributed by atoms with Crippen LogP contribution in [0, 0.1) is 6.92 Å². The zero-order valence-electron chi connectivity index (χ0n) is 12.9. The second-order valence-electron chi connectivity index (χ2n) is 5.06. The lowest BCUT2D eigenvalue weighted by Gasteiger charge is -2.15. The van der Waals surface area contributed by atoms with Gasteiger partial charge in [-0.1, -0.05) is 18.2 Å². The van der Waals surface area contributed by atoms with E-state index in [2.05, 4.69) is 21.8 Å². The predicted octanol–water partition coefficient (Wildman–Crippen LogP) is 2.72. The maximum absolute atomic E-state index is 5.73. The summed E-state index contributed by atoms with van der Waals surface area (Å²) in [5.74, 6) is 1.74. The summed E-state index contributed by atoms with van der Waals surface area (Å²) in [4.78, 5) is 4.50. The summed E-state index contributed by atoms with van der Waals surface area (Å²) in [7, 11) is 1.70. The number of ether oxygens (including phenoxy) is 2. The van der Waals surface area contributed by atoms with Crippen LogP contribution in [0.4, 0.5) is 5.95 Å². The van der Waals surface area contributed by atoms with Crippen molar-refractivity contribution in [3.63, 3.8) is 0 Å². The van der Waals surface area contributed by atoms with Crippen molar-refractivity contribution in [1.29, 1.82) is 0 Å². The largest absolute Gasteiger partial charge is 0.492 e. The fourth-order valence-corrected chi connectivity index (χ4v) is 2.12. The van der Waals surface area contributed by atoms with E-state index in [0.29, 0.717) is 13.2 Å². The smallest absolute Gasteiger partial charge is 0.203 e. The van der Waals surface area contributed by atoms with Gasteiger partial charge in [0.25, 0.3) is 0 Å². The molecule has 1 unspecified atom stereocenters. The molecule has 0 bridgehead atoms. The minimum absolute atomic E-state index is 0.214. The van der Waals surface area contributed by atoms with Crippen molar-refractivity contribution < 1.29 is 9.47 Å². The lowest BCUT2D eigenvalue weighted by atomic mass is 10.3. The molecule has 0 spiro atoms. The Labute approximate surface area is 125 Å². The summed E-state index contributed by atoms with van der Waals surface area (Å²) in [5.41, 5.74) is 0.988. The number of aromatic nitrogens is 2. The van der Waals surface area contributed by atoms with Crippen molar-refractivity contribution in [3.05, 3.63) is 42.2 Å². The number of para-hydroxylation sites is 1. The number of nitrogens with one attached hydrogen (secondary N) is 1. The van der Waals surface area contributed by atoms with Gasteiger partial charge in [-0.25, -0.2) is 4.98 Å². The van der Waals surface area contributed by atoms with E-state index < -0.39 is 0 Å². The third-order valence-electron chi connectivity index (χ3n) is 3.03. The molecule has 1 heterocycles. The number of hydrogen-bond donors (Lipinski definition) is 1. The quantitative estimate of drug-likeness (QED) is 0.812. The first-order valence-corrected chi connectivity index (χ1v) is 7.16. The van der Waals surface area contributed by atoms with Crippen LogP contribution in [-0.4, -0.2) is 35.9 Å². The molecular weight excluding hydrogens is 266 g/mol. The van der Waals surface area contributed by atoms with Gasteiger partial charge in [0.05, 0.1) is 18.8 Å². The Balaban J connectivity index is 1.90. The average Bonchev–Trinajstić information content (AvgIpc) is 2.80. The van der Waals surface area contributed by atoms with Gasteiger partial charge >= 0.3 is 0 Å². The Morgan fingerprint density at radius 2 is 2.05 bits per heavy atom. The van der Waals surface area contributed by atoms with Gasteiger partial charge in [-0.3, -0.25) is 0 Å². The molecule has 21 heavy (non-hydrogen) atoms. The molecule has 1 aromatic carbocycles. The van der Waals surface area contributed by atoms with Gasteiger partial charge in [-0.15, -0.1) is 0 Å². The number of aryl methyl sites for hydroxylation is 1. The summed E-state index contributed by atoms with van der Waals surface area (Å²) < 4.78 is 12.9. The zero-order chi connectivity index (χ0) is 15.1. The molecule has 2 aromatic rings. The van der Waals surface area contributed by atoms with Crippen LogP contribution in [0.5, 0.6) is 5.75 Å². The maximum atomic E-state index is 5.73. The molecule has 114 valence electrons. The van der Waals surface area contributed by atoms with Crippen molar-refractivity contribution in [2.75, 3.05) is 25.6 Å². The summed E-state index contributed by atoms with van der Waals surface area (Å²) in [6.07, 6.45) is 2.02. The Hall–Kier alpha value is -2.01. The van der Waals surface area contributed by atoms with E-state index in [1.54, 1.807) is 7.11 Å². The second kappa shape index (κ2) is 7.69. The van der Waals surface area contributed by atoms with Gasteiger partial charge in [0.15, 0.2) is 0 Å². The number of rotatable bonds is 8. The average molecular weight is 289 g/mol. The molecule has 0 aliphatic rings. The van der Waals surface area contributed by atoms with Crippen molar-refractivity contribution in [2.45, 2.75) is 26.4 Å². The van der Waals surface area contributed by atoms with Gasteiger partial charge in [-0.05, 0) is 26.0 Å². The fraction of sp³-hybridized carbons (Fsp3) is 0.438. The van der Waals surface area contributed by atoms with Crippen LogP contribution in [0.2, 0.25) is 0 Å². The van der Waals surface area contributed by atoms with E-state index in [1.165, 1.54) is 0 Å². The Kier molecular flexibility index (Phi) is 5.63. The minimum atomic E-state index is 0.214. The standard InChI is InChI=1S/C16H23N3O2/c1-13-11-19(16(17-13)18-14(2)12-20-3)9-10-21-15-7-5-4-6-8-15/h4-8,11,14H,9-10,12H2,1-3H3,(H,17,18). The van der Waals surface area contributed by atoms with Gasteiger partial charge in [0.2, 0.25) is 5.95 Å². The Bertz CT molecular complexity index is 540. The Morgan fingerprint density at radius 1 is 1.29 bits per heavy atom. The molecule has 0 aliphatic carbocycles. The topological polar surface area (TPSA) is 48.3 Å². The molecular formula is C16H23N3O2. The fourth-order valence-electron chi connectivity index (χ4n) is 2.12. The number of methoxy groups -OCH3 is 1. The van der Waals surface area contributed by atoms with Gasteiger partial charge in [0, 0.05) is 19.3 Å². The van der Waals surface area contributed by atoms with Crippen LogP contribution in [0.15, 0.2) is 36.5 Å². The van der Waals surface area contributed by atoms with E-state index in [1.807, 2.05) is 43.5 Å². The molecule has 0 saturated carbocycles. The molecule has 1 atom stereocenters. The van der Waals surface area contributed by atoms with Crippen molar-refractivity contribution >= 4 is 5.95 Å². The highest BCUT2D eigenvalue weighted by Crippen LogP contribution is 2.12. The first-order chi connectivity index (χ1) is 10.2. The summed E-state index contributed by atoms with van der Waals surface area (Å²) in [6, 6.07) is 10.0. The lowest BCUT2D eigenvalue weighted by Crippen LogP contribution is -2.23. The van der Waals surface area contributed by atoms with Crippen LogP contribution in [-0.2, 0) is 11.3 Å². The number of imidazole rings is 1. The van der Waals surface area contributed by atoms with E-state index in [0.717, 1.165) is 23.9 Å². The minimum Gasteiger partial charge on any atom is -0.492 e. The predicted molar refractivity (Wildman–Crippen MR) is 83.9 cm³/mol. The van der Waals surface area contributed by atoms with Crippen LogP contribution < -0.4 is 10.1 Å². The van der Waals surface area contributed by atoms with Gasteiger partial charge in [-0.2, -0.15) is 0 Å². The highest BCUT2D eigenvalue weighted by atomic mass is 16.5. The second-order valence-corrected chi connectivity index (χ2v) is 5.06. The number of benzene rings is 1. The van der Waals surface area contributed by atoms with Crippen molar-refractivity contribution in [2.24, 2.45) is 0 Å². The van der Waals surface area contributed by atoms with Crippen molar-refractivity contribution in [3.8, 4) is 5.75 Å². The molecule has 0 fully saturated rings. The molecule has 1 aromatic heterocycles. The monoisotopic (exact) mass is 289 g/mol. The number of hydrogen-bond acceptors (Lipinski definition) is 4. The highest BCUT2D eigenvalue weighted by Gasteiger charge is 2.09. The maximum Gasteiger partial charge on any atom is 0.203 e. The van der Waals surface area contributed by atoms with Crippen LogP contribution >= 0.6 is 0 Å². The molecule has 5 heteroatoms. The first kappa shape index (κ1) is 15.4. The van der Waals surface area contributed by atoms with E-state index in [-0.39, 0.29) is 6.04 Å². The SMILES string of the molecule is COCC(C)Nc1nc(C)cn1CCOc1ccccc1. The summed E-state index contributed by atoms with van der Waals surface area (Å²) >= 11 is 0.